The topological polar surface area (TPSA) is 293 Å². The number of hydrogen-bond acceptors (Lipinski definition) is 18. The number of fused-ring (bicyclic) bond motifs is 12. The molecule has 2 amide bonds. The van der Waals surface area contributed by atoms with Crippen molar-refractivity contribution >= 4 is 38.6 Å². The summed E-state index contributed by atoms with van der Waals surface area (Å²) in [4.78, 5) is 48.2. The number of phosphoric acid groups is 2. The Hall–Kier alpha value is -3.68. The van der Waals surface area contributed by atoms with Crippen LogP contribution in [0.3, 0.4) is 0 Å². The number of phenolic OH excluding ortho intramolecular Hbond substituents is 2. The van der Waals surface area contributed by atoms with Crippen LogP contribution in [0.4, 0.5) is 0 Å². The number of carbonyl (C=O) groups is 2. The first-order valence-corrected chi connectivity index (χ1v) is 17.7. The van der Waals surface area contributed by atoms with Crippen LogP contribution < -0.4 is 39.4 Å². The Morgan fingerprint density at radius 3 is 1.41 bits per heavy atom. The van der Waals surface area contributed by atoms with E-state index in [1.807, 2.05) is 0 Å². The minimum absolute atomic E-state index is 0. The summed E-state index contributed by atoms with van der Waals surface area (Å²) < 4.78 is 63.4. The molecular formula is C28H22MnN2O18P2. The SMILES string of the molecule is O=C1N[C@@H]2C(=C[C@H](O)[C@H]3OP(=O)([O-])O[C@H]32)c2cc3c(c(O)c21)OCO3.O=C1N[C@@H]2C(=C[C@H](O)[C@H]3OP(=O)([O-])O[C@H]32)c2cc3c(c(O)c21)OCO3.[Mn+2]. The molecule has 8 aliphatic rings. The number of nitrogens with one attached hydrogen (secondary N) is 2. The molecule has 10 atom stereocenters. The van der Waals surface area contributed by atoms with E-state index in [9.17, 15) is 48.9 Å². The molecule has 2 aromatic rings. The first-order chi connectivity index (χ1) is 23.7. The molecule has 2 fully saturated rings. The van der Waals surface area contributed by atoms with Gasteiger partial charge in [0.15, 0.2) is 23.0 Å². The van der Waals surface area contributed by atoms with Gasteiger partial charge in [-0.3, -0.25) is 18.7 Å². The number of rotatable bonds is 0. The minimum Gasteiger partial charge on any atom is -0.756 e. The predicted octanol–water partition coefficient (Wildman–Crippen LogP) is -1.52. The Morgan fingerprint density at radius 2 is 1.02 bits per heavy atom. The zero-order valence-corrected chi connectivity index (χ0v) is 28.1. The van der Waals surface area contributed by atoms with E-state index in [0.717, 1.165) is 0 Å². The number of amides is 2. The second kappa shape index (κ2) is 11.7. The number of aliphatic hydroxyl groups is 2. The van der Waals surface area contributed by atoms with E-state index in [0.29, 0.717) is 22.3 Å². The first kappa shape index (κ1) is 34.4. The Kier molecular flexibility index (Phi) is 7.87. The molecule has 6 aliphatic heterocycles. The van der Waals surface area contributed by atoms with Gasteiger partial charge < -0.3 is 77.9 Å². The first-order valence-electron chi connectivity index (χ1n) is 14.8. The van der Waals surface area contributed by atoms with Crippen LogP contribution in [-0.2, 0) is 44.3 Å². The van der Waals surface area contributed by atoms with Crippen molar-refractivity contribution < 1.29 is 103 Å². The summed E-state index contributed by atoms with van der Waals surface area (Å²) in [6.07, 6.45) is -4.30. The van der Waals surface area contributed by atoms with Crippen LogP contribution in [0.1, 0.15) is 31.8 Å². The average molecular weight is 791 g/mol. The van der Waals surface area contributed by atoms with Gasteiger partial charge in [0.25, 0.3) is 27.5 Å². The van der Waals surface area contributed by atoms with Crippen molar-refractivity contribution in [1.82, 2.24) is 10.6 Å². The van der Waals surface area contributed by atoms with Gasteiger partial charge >= 0.3 is 17.1 Å². The van der Waals surface area contributed by atoms with Gasteiger partial charge in [-0.1, -0.05) is 0 Å². The second-order valence-corrected chi connectivity index (χ2v) is 14.7. The third kappa shape index (κ3) is 5.20. The van der Waals surface area contributed by atoms with Gasteiger partial charge in [0.2, 0.25) is 25.1 Å². The molecule has 0 saturated carbocycles. The maximum atomic E-state index is 12.5. The van der Waals surface area contributed by atoms with Gasteiger partial charge in [-0.15, -0.1) is 0 Å². The normalized spacial score (nSPS) is 36.9. The summed E-state index contributed by atoms with van der Waals surface area (Å²) >= 11 is 0. The summed E-state index contributed by atoms with van der Waals surface area (Å²) in [5, 5.41) is 46.4. The quantitative estimate of drug-likeness (QED) is 0.130. The maximum absolute atomic E-state index is 12.5. The third-order valence-corrected chi connectivity index (χ3v) is 11.3. The number of hydrogen-bond donors (Lipinski definition) is 6. The smallest absolute Gasteiger partial charge is 0.756 e. The van der Waals surface area contributed by atoms with Crippen molar-refractivity contribution in [2.24, 2.45) is 0 Å². The van der Waals surface area contributed by atoms with Gasteiger partial charge in [0.1, 0.15) is 36.6 Å². The van der Waals surface area contributed by atoms with Crippen LogP contribution in [0.15, 0.2) is 24.3 Å². The number of aromatic hydroxyl groups is 2. The van der Waals surface area contributed by atoms with E-state index in [2.05, 4.69) is 10.6 Å². The molecule has 51 heavy (non-hydrogen) atoms. The van der Waals surface area contributed by atoms with E-state index < -0.39 is 76.2 Å². The molecule has 269 valence electrons. The zero-order valence-electron chi connectivity index (χ0n) is 25.1. The van der Waals surface area contributed by atoms with Gasteiger partial charge in [-0.05, 0) is 35.4 Å². The molecule has 0 bridgehead atoms. The Balaban J connectivity index is 0.000000144. The molecule has 0 spiro atoms. The van der Waals surface area contributed by atoms with Gasteiger partial charge in [-0.2, -0.15) is 0 Å². The molecule has 23 heteroatoms. The summed E-state index contributed by atoms with van der Waals surface area (Å²) in [6.45, 7) is -0.195. The fourth-order valence-electron chi connectivity index (χ4n) is 7.25. The largest absolute Gasteiger partial charge is 2.00 e. The van der Waals surface area contributed by atoms with Crippen LogP contribution in [0.5, 0.6) is 34.5 Å². The van der Waals surface area contributed by atoms with Crippen molar-refractivity contribution in [2.75, 3.05) is 13.6 Å². The molecule has 2 unspecified atom stereocenters. The molecule has 20 nitrogen and oxygen atoms in total. The number of benzene rings is 2. The zero-order chi connectivity index (χ0) is 35.0. The van der Waals surface area contributed by atoms with Crippen LogP contribution in [0.25, 0.3) is 11.1 Å². The minimum atomic E-state index is -4.56. The van der Waals surface area contributed by atoms with Crippen molar-refractivity contribution in [1.29, 1.82) is 0 Å². The molecule has 2 saturated heterocycles. The van der Waals surface area contributed by atoms with Crippen LogP contribution in [-0.4, -0.2) is 94.5 Å². The van der Waals surface area contributed by atoms with E-state index in [-0.39, 0.29) is 76.3 Å². The molecule has 6 N–H and O–H groups in total. The Labute approximate surface area is 295 Å². The number of ether oxygens (including phenoxy) is 4. The van der Waals surface area contributed by atoms with E-state index >= 15 is 0 Å². The van der Waals surface area contributed by atoms with Crippen LogP contribution in [0.2, 0.25) is 0 Å². The number of phenols is 2. The third-order valence-electron chi connectivity index (χ3n) is 9.28. The predicted molar refractivity (Wildman–Crippen MR) is 154 cm³/mol. The number of aliphatic hydroxyl groups excluding tert-OH is 2. The summed E-state index contributed by atoms with van der Waals surface area (Å²) in [5.74, 6) is -1.38. The Morgan fingerprint density at radius 1 is 0.647 bits per heavy atom. The molecule has 1 radical (unpaired) electrons. The van der Waals surface area contributed by atoms with E-state index in [1.165, 1.54) is 24.3 Å². The fourth-order valence-corrected chi connectivity index (χ4v) is 9.51. The molecule has 2 aromatic carbocycles. The van der Waals surface area contributed by atoms with Crippen LogP contribution >= 0.6 is 15.6 Å². The summed E-state index contributed by atoms with van der Waals surface area (Å²) in [6, 6.07) is 1.29. The van der Waals surface area contributed by atoms with Crippen LogP contribution in [0, 0.1) is 0 Å². The number of carbonyl (C=O) groups excluding carboxylic acids is 2. The number of phosphoric ester groups is 2. The van der Waals surface area contributed by atoms with Crippen molar-refractivity contribution in [2.45, 2.75) is 48.7 Å². The van der Waals surface area contributed by atoms with Crippen molar-refractivity contribution in [3.8, 4) is 34.5 Å². The molecule has 6 heterocycles. The molecule has 10 rings (SSSR count). The Bertz CT molecular complexity index is 1950. The standard InChI is InChI=1S/2C14H12NO9P.Mn/c2*16-6-1-5-4-2-7-12(22-3-21-7)10(17)8(4)14(18)15-9(5)13-11(6)23-25(19,20)24-13;/h2*1-2,6,9,11,13,16-17H,3H2,(H,15,18)(H,19,20);/q;;+2/p-2/t2*6-,9+,11+,13-;/m00./s1. The van der Waals surface area contributed by atoms with E-state index in [1.54, 1.807) is 0 Å². The average Bonchev–Trinajstić information content (AvgIpc) is 3.84. The monoisotopic (exact) mass is 791 g/mol. The van der Waals surface area contributed by atoms with Gasteiger partial charge in [0, 0.05) is 11.1 Å². The summed E-state index contributed by atoms with van der Waals surface area (Å²) in [5.41, 5.74) is 1.35. The molecule has 2 aliphatic carbocycles. The fraction of sp³-hybridized carbons (Fsp3) is 0.357. The molecule has 0 aromatic heterocycles. The maximum Gasteiger partial charge on any atom is 2.00 e. The second-order valence-electron chi connectivity index (χ2n) is 12.1. The summed E-state index contributed by atoms with van der Waals surface area (Å²) in [7, 11) is -9.13. The van der Waals surface area contributed by atoms with Crippen molar-refractivity contribution in [3.05, 3.63) is 46.5 Å². The van der Waals surface area contributed by atoms with E-state index in [4.69, 9.17) is 37.0 Å². The molecular weight excluding hydrogens is 769 g/mol. The van der Waals surface area contributed by atoms with Gasteiger partial charge in [0.05, 0.1) is 23.2 Å². The van der Waals surface area contributed by atoms with Crippen molar-refractivity contribution in [3.63, 3.8) is 0 Å². The van der Waals surface area contributed by atoms with Gasteiger partial charge in [-0.25, -0.2) is 0 Å².